The van der Waals surface area contributed by atoms with E-state index in [0.29, 0.717) is 12.8 Å². The Morgan fingerprint density at radius 2 is 2.07 bits per heavy atom. The number of imidazole rings is 1. The summed E-state index contributed by atoms with van der Waals surface area (Å²) < 4.78 is 35.9. The highest BCUT2D eigenvalue weighted by molar-refractivity contribution is 5.83. The first-order chi connectivity index (χ1) is 14.2. The maximum atomic E-state index is 14.2. The van der Waals surface area contributed by atoms with E-state index < -0.39 is 29.8 Å². The molecule has 0 aliphatic heterocycles. The average molecular weight is 422 g/mol. The van der Waals surface area contributed by atoms with Gasteiger partial charge in [0.1, 0.15) is 0 Å². The molecule has 0 radical (unpaired) electrons. The van der Waals surface area contributed by atoms with Crippen molar-refractivity contribution in [1.29, 1.82) is 0 Å². The van der Waals surface area contributed by atoms with Crippen LogP contribution in [0.3, 0.4) is 0 Å². The molecule has 1 saturated carbocycles. The number of unbranched alkanes of at least 4 members (excludes halogenated alkanes) is 1. The Labute approximate surface area is 176 Å². The lowest BCUT2D eigenvalue weighted by Gasteiger charge is -2.38. The summed E-state index contributed by atoms with van der Waals surface area (Å²) in [5, 5.41) is 11.6. The van der Waals surface area contributed by atoms with E-state index in [9.17, 15) is 18.7 Å². The summed E-state index contributed by atoms with van der Waals surface area (Å²) in [6, 6.07) is 8.29. The predicted octanol–water partition coefficient (Wildman–Crippen LogP) is 4.11. The van der Waals surface area contributed by atoms with Gasteiger partial charge in [0.25, 0.3) is 5.82 Å². The lowest BCUT2D eigenvalue weighted by Crippen LogP contribution is -2.49. The number of aryl methyl sites for hydroxylation is 1. The quantitative estimate of drug-likeness (QED) is 0.522. The topological polar surface area (TPSA) is 66.2 Å². The van der Waals surface area contributed by atoms with E-state index in [4.69, 9.17) is 4.74 Å². The Morgan fingerprint density at radius 1 is 1.37 bits per heavy atom. The molecule has 5 nitrogen and oxygen atoms in total. The molecule has 2 atom stereocenters. The van der Waals surface area contributed by atoms with Crippen molar-refractivity contribution in [2.24, 2.45) is 13.0 Å². The van der Waals surface area contributed by atoms with E-state index in [0.717, 1.165) is 24.4 Å². The third-order valence-electron chi connectivity index (χ3n) is 6.18. The molecule has 1 aromatic heterocycles. The van der Waals surface area contributed by atoms with E-state index in [-0.39, 0.29) is 24.3 Å². The van der Waals surface area contributed by atoms with Crippen LogP contribution in [0.15, 0.2) is 30.3 Å². The molecule has 30 heavy (non-hydrogen) atoms. The summed E-state index contributed by atoms with van der Waals surface area (Å²) in [6.45, 7) is 3.93. The van der Waals surface area contributed by atoms with Crippen LogP contribution in [0.2, 0.25) is 0 Å². The summed E-state index contributed by atoms with van der Waals surface area (Å²) in [4.78, 5) is 16.4. The number of benzene rings is 1. The Bertz CT molecular complexity index is 882. The number of halogens is 2. The molecule has 2 aromatic rings. The van der Waals surface area contributed by atoms with Crippen LogP contribution in [0, 0.1) is 12.8 Å². The number of aromatic nitrogens is 2. The van der Waals surface area contributed by atoms with Gasteiger partial charge in [-0.05, 0) is 24.8 Å². The highest BCUT2D eigenvalue weighted by Crippen LogP contribution is 2.46. The summed E-state index contributed by atoms with van der Waals surface area (Å²) in [7, 11) is 1.87. The molecule has 1 heterocycles. The van der Waals surface area contributed by atoms with E-state index in [1.165, 1.54) is 0 Å². The normalized spacial score (nSPS) is 20.5. The molecule has 0 unspecified atom stereocenters. The molecular formula is C23H31F2N2O3+. The maximum Gasteiger partial charge on any atom is 0.351 e. The smallest absolute Gasteiger partial charge is 0.351 e. The second-order valence-corrected chi connectivity index (χ2v) is 8.32. The molecular weight excluding hydrogens is 390 g/mol. The predicted molar refractivity (Wildman–Crippen MR) is 108 cm³/mol. The van der Waals surface area contributed by atoms with Gasteiger partial charge in [0.15, 0.2) is 11.3 Å². The van der Waals surface area contributed by atoms with Crippen molar-refractivity contribution in [3.05, 3.63) is 47.4 Å². The zero-order chi connectivity index (χ0) is 21.9. The second kappa shape index (κ2) is 8.84. The molecule has 1 aliphatic carbocycles. The second-order valence-electron chi connectivity index (χ2n) is 8.32. The lowest BCUT2D eigenvalue weighted by atomic mass is 9.72. The van der Waals surface area contributed by atoms with E-state index >= 15 is 0 Å². The number of aromatic amines is 1. The number of hydrogen-bond donors (Lipinski definition) is 2. The zero-order valence-corrected chi connectivity index (χ0v) is 17.9. The Morgan fingerprint density at radius 3 is 2.70 bits per heavy atom. The Kier molecular flexibility index (Phi) is 6.60. The number of carbonyl (C=O) groups is 1. The fourth-order valence-electron chi connectivity index (χ4n) is 4.30. The summed E-state index contributed by atoms with van der Waals surface area (Å²) in [5.74, 6) is -3.69. The van der Waals surface area contributed by atoms with Crippen LogP contribution < -0.4 is 9.30 Å². The SMILES string of the molecule is CCCCc1c(OC(=O)[C@](O)(c2ccccc2)[C@@H]2CCCC(F)(F)C2)[nH]c(C)[n+]1C. The van der Waals surface area contributed by atoms with Crippen LogP contribution in [0.1, 0.15) is 62.5 Å². The molecule has 1 aliphatic rings. The minimum Gasteiger partial charge on any atom is -0.384 e. The Balaban J connectivity index is 1.97. The van der Waals surface area contributed by atoms with Gasteiger partial charge in [0.2, 0.25) is 5.92 Å². The van der Waals surface area contributed by atoms with Gasteiger partial charge in [-0.15, -0.1) is 0 Å². The van der Waals surface area contributed by atoms with Crippen molar-refractivity contribution in [2.45, 2.75) is 70.3 Å². The molecule has 7 heteroatoms. The molecule has 1 fully saturated rings. The van der Waals surface area contributed by atoms with Crippen molar-refractivity contribution in [2.75, 3.05) is 0 Å². The summed E-state index contributed by atoms with van der Waals surface area (Å²) in [5.41, 5.74) is -1.06. The number of aliphatic hydroxyl groups is 1. The minimum atomic E-state index is -2.91. The number of hydrogen-bond acceptors (Lipinski definition) is 3. The number of H-pyrrole nitrogens is 1. The van der Waals surface area contributed by atoms with Crippen molar-refractivity contribution in [3.63, 3.8) is 0 Å². The molecule has 164 valence electrons. The molecule has 0 saturated heterocycles. The zero-order valence-electron chi connectivity index (χ0n) is 17.9. The number of esters is 1. The third kappa shape index (κ3) is 4.41. The highest BCUT2D eigenvalue weighted by atomic mass is 19.3. The highest BCUT2D eigenvalue weighted by Gasteiger charge is 2.53. The van der Waals surface area contributed by atoms with Crippen molar-refractivity contribution in [1.82, 2.24) is 4.98 Å². The van der Waals surface area contributed by atoms with Gasteiger partial charge in [0.05, 0.1) is 7.05 Å². The van der Waals surface area contributed by atoms with Crippen LogP contribution >= 0.6 is 0 Å². The van der Waals surface area contributed by atoms with Gasteiger partial charge in [-0.2, -0.15) is 0 Å². The average Bonchev–Trinajstić information content (AvgIpc) is 2.98. The number of nitrogens with one attached hydrogen (secondary N) is 1. The van der Waals surface area contributed by atoms with Crippen LogP contribution in [0.25, 0.3) is 0 Å². The first-order valence-electron chi connectivity index (χ1n) is 10.6. The standard InChI is InChI=1S/C23H30F2N2O3/c1-4-5-13-19-20(26-16(2)27(19)3)30-21(28)23(29,17-10-7-6-8-11-17)18-12-9-14-22(24,25)15-18/h6-8,10-11,18,29H,4-5,9,12-15H2,1-3H3/p+1/t18-,23+/m1/s1. The van der Waals surface area contributed by atoms with Crippen LogP contribution in [-0.2, 0) is 23.9 Å². The number of carbonyl (C=O) groups excluding carboxylic acids is 1. The van der Waals surface area contributed by atoms with Gasteiger partial charge in [-0.25, -0.2) is 23.1 Å². The van der Waals surface area contributed by atoms with Crippen molar-refractivity contribution in [3.8, 4) is 5.88 Å². The van der Waals surface area contributed by atoms with Crippen LogP contribution in [-0.4, -0.2) is 22.0 Å². The van der Waals surface area contributed by atoms with Crippen LogP contribution in [0.5, 0.6) is 5.88 Å². The first kappa shape index (κ1) is 22.4. The third-order valence-corrected chi connectivity index (χ3v) is 6.18. The number of rotatable bonds is 7. The van der Waals surface area contributed by atoms with E-state index in [1.54, 1.807) is 30.3 Å². The lowest BCUT2D eigenvalue weighted by molar-refractivity contribution is -0.683. The summed E-state index contributed by atoms with van der Waals surface area (Å²) in [6.07, 6.45) is 2.39. The van der Waals surface area contributed by atoms with Gasteiger partial charge >= 0.3 is 11.8 Å². The van der Waals surface area contributed by atoms with E-state index in [1.807, 2.05) is 18.5 Å². The Hall–Kier alpha value is -2.28. The fraction of sp³-hybridized carbons (Fsp3) is 0.565. The molecule has 1 aromatic carbocycles. The number of nitrogens with zero attached hydrogens (tertiary/aromatic N) is 1. The molecule has 0 spiro atoms. The molecule has 3 rings (SSSR count). The first-order valence-corrected chi connectivity index (χ1v) is 10.6. The monoisotopic (exact) mass is 421 g/mol. The van der Waals surface area contributed by atoms with Gasteiger partial charge < -0.3 is 9.84 Å². The van der Waals surface area contributed by atoms with Gasteiger partial charge in [0, 0.05) is 32.1 Å². The van der Waals surface area contributed by atoms with Crippen LogP contribution in [0.4, 0.5) is 8.78 Å². The maximum absolute atomic E-state index is 14.2. The number of ether oxygens (including phenoxy) is 1. The van der Waals surface area contributed by atoms with E-state index in [2.05, 4.69) is 11.9 Å². The van der Waals surface area contributed by atoms with Gasteiger partial charge in [-0.3, -0.25) is 0 Å². The molecule has 0 bridgehead atoms. The fourth-order valence-corrected chi connectivity index (χ4v) is 4.30. The summed E-state index contributed by atoms with van der Waals surface area (Å²) >= 11 is 0. The van der Waals surface area contributed by atoms with Crippen molar-refractivity contribution < 1.29 is 28.0 Å². The molecule has 0 amide bonds. The largest absolute Gasteiger partial charge is 0.384 e. The molecule has 2 N–H and O–H groups in total. The number of alkyl halides is 2. The van der Waals surface area contributed by atoms with Crippen molar-refractivity contribution >= 4 is 5.97 Å². The minimum absolute atomic E-state index is 0.226. The van der Waals surface area contributed by atoms with Gasteiger partial charge in [-0.1, -0.05) is 43.7 Å².